The molecule has 0 saturated heterocycles. The normalized spacial score (nSPS) is 10.6. The van der Waals surface area contributed by atoms with Gasteiger partial charge in [-0.25, -0.2) is 4.68 Å². The third kappa shape index (κ3) is 5.38. The minimum Gasteiger partial charge on any atom is -0.494 e. The third-order valence-electron chi connectivity index (χ3n) is 4.51. The summed E-state index contributed by atoms with van der Waals surface area (Å²) in [4.78, 5) is 12.3. The molecule has 0 unspecified atom stereocenters. The Kier molecular flexibility index (Phi) is 6.89. The van der Waals surface area contributed by atoms with E-state index < -0.39 is 0 Å². The zero-order valence-electron chi connectivity index (χ0n) is 17.1. The first kappa shape index (κ1) is 20.5. The second kappa shape index (κ2) is 9.78. The second-order valence-corrected chi connectivity index (χ2v) is 6.55. The van der Waals surface area contributed by atoms with Crippen LogP contribution >= 0.6 is 0 Å². The molecular weight excluding hydrogens is 368 g/mol. The minimum atomic E-state index is -0.292. The molecule has 3 rings (SSSR count). The Hall–Kier alpha value is -3.28. The molecular formula is C23H26N2O4. The minimum absolute atomic E-state index is 0.188. The highest BCUT2D eigenvalue weighted by atomic mass is 16.6. The number of nitrogens with zero attached hydrogens (tertiary/aromatic N) is 2. The molecule has 0 spiro atoms. The van der Waals surface area contributed by atoms with Crippen molar-refractivity contribution in [2.24, 2.45) is 0 Å². The van der Waals surface area contributed by atoms with E-state index in [4.69, 9.17) is 14.2 Å². The van der Waals surface area contributed by atoms with Gasteiger partial charge in [-0.3, -0.25) is 4.79 Å². The lowest BCUT2D eigenvalue weighted by Gasteiger charge is -2.09. The van der Waals surface area contributed by atoms with E-state index in [-0.39, 0.29) is 19.0 Å². The molecule has 0 amide bonds. The van der Waals surface area contributed by atoms with Gasteiger partial charge < -0.3 is 14.2 Å². The largest absolute Gasteiger partial charge is 0.494 e. The van der Waals surface area contributed by atoms with Crippen molar-refractivity contribution in [2.45, 2.75) is 27.2 Å². The Labute approximate surface area is 171 Å². The van der Waals surface area contributed by atoms with Gasteiger partial charge in [0.05, 0.1) is 24.4 Å². The van der Waals surface area contributed by atoms with Gasteiger partial charge >= 0.3 is 5.97 Å². The number of benzene rings is 2. The average molecular weight is 394 g/mol. The molecule has 0 saturated carbocycles. The molecule has 0 N–H and O–H groups in total. The third-order valence-corrected chi connectivity index (χ3v) is 4.51. The number of aryl methyl sites for hydroxylation is 1. The molecule has 0 bridgehead atoms. The molecule has 0 radical (unpaired) electrons. The molecule has 1 aromatic heterocycles. The van der Waals surface area contributed by atoms with Crippen molar-refractivity contribution in [1.29, 1.82) is 0 Å². The standard InChI is InChI=1S/C23H26N2O4/c1-4-27-20-10-12-21(13-11-20)28-14-15-29-23(26)16-22-17(2)24-25(18(22)3)19-8-6-5-7-9-19/h5-13H,4,14-16H2,1-3H3. The van der Waals surface area contributed by atoms with Crippen LogP contribution in [0.5, 0.6) is 11.5 Å². The molecule has 6 heteroatoms. The van der Waals surface area contributed by atoms with E-state index in [1.54, 1.807) is 0 Å². The van der Waals surface area contributed by atoms with Crippen molar-refractivity contribution < 1.29 is 19.0 Å². The number of carbonyl (C=O) groups is 1. The Morgan fingerprint density at radius 1 is 0.931 bits per heavy atom. The summed E-state index contributed by atoms with van der Waals surface area (Å²) in [5.74, 6) is 1.22. The molecule has 1 heterocycles. The maximum absolute atomic E-state index is 12.3. The van der Waals surface area contributed by atoms with Gasteiger partial charge in [0.1, 0.15) is 24.7 Å². The zero-order valence-corrected chi connectivity index (χ0v) is 17.1. The first-order valence-corrected chi connectivity index (χ1v) is 9.70. The highest BCUT2D eigenvalue weighted by Gasteiger charge is 2.16. The molecule has 0 atom stereocenters. The topological polar surface area (TPSA) is 62.6 Å². The van der Waals surface area contributed by atoms with Crippen molar-refractivity contribution in [3.8, 4) is 17.2 Å². The number of ether oxygens (including phenoxy) is 3. The van der Waals surface area contributed by atoms with Crippen LogP contribution in [0.4, 0.5) is 0 Å². The lowest BCUT2D eigenvalue weighted by molar-refractivity contribution is -0.143. The number of hydrogen-bond acceptors (Lipinski definition) is 5. The van der Waals surface area contributed by atoms with Crippen molar-refractivity contribution in [1.82, 2.24) is 9.78 Å². The number of carbonyl (C=O) groups excluding carboxylic acids is 1. The predicted octanol–water partition coefficient (Wildman–Crippen LogP) is 4.05. The van der Waals surface area contributed by atoms with E-state index in [1.165, 1.54) is 0 Å². The summed E-state index contributed by atoms with van der Waals surface area (Å²) < 4.78 is 18.2. The van der Waals surface area contributed by atoms with Gasteiger partial charge in [0.2, 0.25) is 0 Å². The van der Waals surface area contributed by atoms with E-state index in [1.807, 2.05) is 80.1 Å². The summed E-state index contributed by atoms with van der Waals surface area (Å²) in [6, 6.07) is 17.2. The van der Waals surface area contributed by atoms with Gasteiger partial charge in [0.25, 0.3) is 0 Å². The highest BCUT2D eigenvalue weighted by molar-refractivity contribution is 5.73. The lowest BCUT2D eigenvalue weighted by atomic mass is 10.1. The van der Waals surface area contributed by atoms with Gasteiger partial charge in [-0.2, -0.15) is 5.10 Å². The van der Waals surface area contributed by atoms with Crippen LogP contribution in [0.2, 0.25) is 0 Å². The van der Waals surface area contributed by atoms with E-state index in [0.717, 1.165) is 28.4 Å². The van der Waals surface area contributed by atoms with E-state index in [0.29, 0.717) is 19.0 Å². The van der Waals surface area contributed by atoms with Crippen molar-refractivity contribution in [2.75, 3.05) is 19.8 Å². The van der Waals surface area contributed by atoms with Gasteiger partial charge in [-0.05, 0) is 57.2 Å². The van der Waals surface area contributed by atoms with Crippen LogP contribution in [0, 0.1) is 13.8 Å². The summed E-state index contributed by atoms with van der Waals surface area (Å²) in [5.41, 5.74) is 3.63. The molecule has 0 aliphatic rings. The molecule has 2 aromatic carbocycles. The van der Waals surface area contributed by atoms with Crippen LogP contribution in [0.25, 0.3) is 5.69 Å². The number of hydrogen-bond donors (Lipinski definition) is 0. The summed E-state index contributed by atoms with van der Waals surface area (Å²) in [6.45, 7) is 6.92. The maximum atomic E-state index is 12.3. The SMILES string of the molecule is CCOc1ccc(OCCOC(=O)Cc2c(C)nn(-c3ccccc3)c2C)cc1. The lowest BCUT2D eigenvalue weighted by Crippen LogP contribution is -2.14. The molecule has 152 valence electrons. The van der Waals surface area contributed by atoms with Crippen LogP contribution < -0.4 is 9.47 Å². The smallest absolute Gasteiger partial charge is 0.310 e. The van der Waals surface area contributed by atoms with Crippen LogP contribution in [-0.4, -0.2) is 35.6 Å². The second-order valence-electron chi connectivity index (χ2n) is 6.55. The maximum Gasteiger partial charge on any atom is 0.310 e. The molecule has 0 fully saturated rings. The fourth-order valence-electron chi connectivity index (χ4n) is 3.06. The van der Waals surface area contributed by atoms with Crippen molar-refractivity contribution in [3.05, 3.63) is 71.5 Å². The number of para-hydroxylation sites is 1. The number of esters is 1. The molecule has 29 heavy (non-hydrogen) atoms. The molecule has 6 nitrogen and oxygen atoms in total. The van der Waals surface area contributed by atoms with Gasteiger partial charge in [-0.15, -0.1) is 0 Å². The van der Waals surface area contributed by atoms with Crippen molar-refractivity contribution in [3.63, 3.8) is 0 Å². The predicted molar refractivity (Wildman–Crippen MR) is 111 cm³/mol. The van der Waals surface area contributed by atoms with Crippen LogP contribution in [-0.2, 0) is 16.0 Å². The Morgan fingerprint density at radius 3 is 2.24 bits per heavy atom. The fraction of sp³-hybridized carbons (Fsp3) is 0.304. The van der Waals surface area contributed by atoms with Crippen LogP contribution in [0.1, 0.15) is 23.9 Å². The first-order chi connectivity index (χ1) is 14.1. The van der Waals surface area contributed by atoms with E-state index >= 15 is 0 Å². The van der Waals surface area contributed by atoms with E-state index in [9.17, 15) is 4.79 Å². The summed E-state index contributed by atoms with van der Waals surface area (Å²) >= 11 is 0. The summed E-state index contributed by atoms with van der Waals surface area (Å²) in [5, 5.41) is 4.56. The Morgan fingerprint density at radius 2 is 1.59 bits per heavy atom. The number of aromatic nitrogens is 2. The van der Waals surface area contributed by atoms with Gasteiger partial charge in [-0.1, -0.05) is 18.2 Å². The van der Waals surface area contributed by atoms with Gasteiger partial charge in [0.15, 0.2) is 0 Å². The van der Waals surface area contributed by atoms with E-state index in [2.05, 4.69) is 5.10 Å². The van der Waals surface area contributed by atoms with Crippen molar-refractivity contribution >= 4 is 5.97 Å². The summed E-state index contributed by atoms with van der Waals surface area (Å²) in [7, 11) is 0. The Balaban J connectivity index is 1.49. The monoisotopic (exact) mass is 394 g/mol. The zero-order chi connectivity index (χ0) is 20.6. The quantitative estimate of drug-likeness (QED) is 0.405. The van der Waals surface area contributed by atoms with Gasteiger partial charge in [0, 0.05) is 11.3 Å². The number of rotatable bonds is 9. The molecule has 0 aliphatic heterocycles. The molecule has 3 aromatic rings. The summed E-state index contributed by atoms with van der Waals surface area (Å²) in [6.07, 6.45) is 0.188. The fourth-order valence-corrected chi connectivity index (χ4v) is 3.06. The highest BCUT2D eigenvalue weighted by Crippen LogP contribution is 2.19. The molecule has 0 aliphatic carbocycles. The average Bonchev–Trinajstić information content (AvgIpc) is 3.01. The van der Waals surface area contributed by atoms with Crippen LogP contribution in [0.15, 0.2) is 54.6 Å². The first-order valence-electron chi connectivity index (χ1n) is 9.70. The Bertz CT molecular complexity index is 934. The van der Waals surface area contributed by atoms with Crippen LogP contribution in [0.3, 0.4) is 0 Å².